The van der Waals surface area contributed by atoms with Gasteiger partial charge in [0.25, 0.3) is 0 Å². The molecule has 1 fully saturated rings. The highest BCUT2D eigenvalue weighted by Gasteiger charge is 2.25. The van der Waals surface area contributed by atoms with Crippen LogP contribution in [0.4, 0.5) is 0 Å². The van der Waals surface area contributed by atoms with Crippen molar-refractivity contribution in [3.05, 3.63) is 12.2 Å². The van der Waals surface area contributed by atoms with Crippen molar-refractivity contribution >= 4 is 15.9 Å². The molecule has 1 heterocycles. The van der Waals surface area contributed by atoms with E-state index in [1.54, 1.807) is 0 Å². The first-order chi connectivity index (χ1) is 4.75. The van der Waals surface area contributed by atoms with E-state index in [2.05, 4.69) is 29.4 Å². The molecule has 1 aliphatic heterocycles. The minimum absolute atomic E-state index is 0.380. The van der Waals surface area contributed by atoms with Crippen LogP contribution in [0.25, 0.3) is 0 Å². The van der Waals surface area contributed by atoms with Crippen LogP contribution in [0.15, 0.2) is 12.2 Å². The Balaban J connectivity index is 2.46. The van der Waals surface area contributed by atoms with Crippen molar-refractivity contribution in [3.8, 4) is 0 Å². The van der Waals surface area contributed by atoms with Gasteiger partial charge in [-0.15, -0.1) is 0 Å². The van der Waals surface area contributed by atoms with Gasteiger partial charge in [0, 0.05) is 17.9 Å². The Bertz CT molecular complexity index is 133. The summed E-state index contributed by atoms with van der Waals surface area (Å²) in [5.41, 5.74) is 1.27. The average Bonchev–Trinajstić information content (AvgIpc) is 2.34. The van der Waals surface area contributed by atoms with Crippen LogP contribution in [0.3, 0.4) is 0 Å². The predicted octanol–water partition coefficient (Wildman–Crippen LogP) is 2.36. The van der Waals surface area contributed by atoms with Crippen molar-refractivity contribution in [2.24, 2.45) is 5.92 Å². The quantitative estimate of drug-likeness (QED) is 0.496. The third-order valence-corrected chi connectivity index (χ3v) is 2.79. The van der Waals surface area contributed by atoms with Gasteiger partial charge in [-0.1, -0.05) is 28.1 Å². The van der Waals surface area contributed by atoms with Crippen molar-refractivity contribution in [1.29, 1.82) is 0 Å². The van der Waals surface area contributed by atoms with E-state index in [0.717, 1.165) is 18.4 Å². The maximum absolute atomic E-state index is 5.41. The summed E-state index contributed by atoms with van der Waals surface area (Å²) in [5.74, 6) is 0.583. The van der Waals surface area contributed by atoms with Crippen LogP contribution in [0.2, 0.25) is 0 Å². The molecule has 1 nitrogen and oxygen atoms in total. The standard InChI is InChI=1S/C8H13BrO/c1-6(5-9)8-3-4-10-7(8)2/h7-8H,1,3-5H2,2H3. The van der Waals surface area contributed by atoms with Gasteiger partial charge in [-0.3, -0.25) is 0 Å². The molecule has 2 heteroatoms. The molecule has 1 rings (SSSR count). The third kappa shape index (κ3) is 1.61. The lowest BCUT2D eigenvalue weighted by Crippen LogP contribution is -2.13. The third-order valence-electron chi connectivity index (χ3n) is 2.07. The van der Waals surface area contributed by atoms with Gasteiger partial charge in [0.1, 0.15) is 0 Å². The van der Waals surface area contributed by atoms with E-state index in [1.807, 2.05) is 0 Å². The molecule has 2 unspecified atom stereocenters. The van der Waals surface area contributed by atoms with Gasteiger partial charge in [0.15, 0.2) is 0 Å². The van der Waals surface area contributed by atoms with Crippen molar-refractivity contribution in [2.45, 2.75) is 19.4 Å². The largest absolute Gasteiger partial charge is 0.378 e. The summed E-state index contributed by atoms with van der Waals surface area (Å²) in [4.78, 5) is 0. The van der Waals surface area contributed by atoms with Gasteiger partial charge in [0.05, 0.1) is 6.10 Å². The zero-order valence-electron chi connectivity index (χ0n) is 6.27. The second-order valence-electron chi connectivity index (χ2n) is 2.76. The van der Waals surface area contributed by atoms with Crippen molar-refractivity contribution in [3.63, 3.8) is 0 Å². The van der Waals surface area contributed by atoms with Crippen LogP contribution in [0, 0.1) is 5.92 Å². The van der Waals surface area contributed by atoms with Crippen molar-refractivity contribution in [1.82, 2.24) is 0 Å². The Morgan fingerprint density at radius 1 is 1.80 bits per heavy atom. The maximum Gasteiger partial charge on any atom is 0.0613 e. The lowest BCUT2D eigenvalue weighted by atomic mass is 9.96. The van der Waals surface area contributed by atoms with E-state index in [4.69, 9.17) is 4.74 Å². The first-order valence-corrected chi connectivity index (χ1v) is 4.73. The monoisotopic (exact) mass is 204 g/mol. The summed E-state index contributed by atoms with van der Waals surface area (Å²) < 4.78 is 5.41. The second kappa shape index (κ2) is 3.54. The molecule has 1 aliphatic rings. The fourth-order valence-electron chi connectivity index (χ4n) is 1.37. The minimum Gasteiger partial charge on any atom is -0.378 e. The number of hydrogen-bond acceptors (Lipinski definition) is 1. The van der Waals surface area contributed by atoms with E-state index >= 15 is 0 Å². The highest BCUT2D eigenvalue weighted by atomic mass is 79.9. The van der Waals surface area contributed by atoms with Crippen LogP contribution in [0.5, 0.6) is 0 Å². The number of hydrogen-bond donors (Lipinski definition) is 0. The molecule has 0 aromatic heterocycles. The van der Waals surface area contributed by atoms with Crippen LogP contribution in [-0.2, 0) is 4.74 Å². The highest BCUT2D eigenvalue weighted by molar-refractivity contribution is 9.09. The summed E-state index contributed by atoms with van der Waals surface area (Å²) in [5, 5.41) is 0.908. The number of ether oxygens (including phenoxy) is 1. The first kappa shape index (κ1) is 8.28. The molecular weight excluding hydrogens is 192 g/mol. The zero-order valence-corrected chi connectivity index (χ0v) is 7.86. The Morgan fingerprint density at radius 2 is 2.50 bits per heavy atom. The Hall–Kier alpha value is 0.180. The van der Waals surface area contributed by atoms with Gasteiger partial charge in [0.2, 0.25) is 0 Å². The van der Waals surface area contributed by atoms with Crippen LogP contribution >= 0.6 is 15.9 Å². The Labute approximate surface area is 70.6 Å². The maximum atomic E-state index is 5.41. The summed E-state index contributed by atoms with van der Waals surface area (Å²) in [6.45, 7) is 7.00. The van der Waals surface area contributed by atoms with E-state index < -0.39 is 0 Å². The predicted molar refractivity (Wildman–Crippen MR) is 46.5 cm³/mol. The van der Waals surface area contributed by atoms with Gasteiger partial charge in [-0.05, 0) is 13.3 Å². The smallest absolute Gasteiger partial charge is 0.0613 e. The summed E-state index contributed by atoms with van der Waals surface area (Å²) in [6, 6.07) is 0. The fraction of sp³-hybridized carbons (Fsp3) is 0.750. The molecule has 0 amide bonds. The summed E-state index contributed by atoms with van der Waals surface area (Å²) in [7, 11) is 0. The molecule has 0 spiro atoms. The number of halogens is 1. The molecule has 0 aromatic rings. The van der Waals surface area contributed by atoms with E-state index in [9.17, 15) is 0 Å². The molecule has 1 saturated heterocycles. The van der Waals surface area contributed by atoms with Gasteiger partial charge in [-0.2, -0.15) is 0 Å². The molecule has 58 valence electrons. The van der Waals surface area contributed by atoms with Crippen molar-refractivity contribution in [2.75, 3.05) is 11.9 Å². The normalized spacial score (nSPS) is 32.6. The molecule has 0 aromatic carbocycles. The minimum atomic E-state index is 0.380. The molecule has 2 atom stereocenters. The lowest BCUT2D eigenvalue weighted by Gasteiger charge is -2.14. The Kier molecular flexibility index (Phi) is 2.93. The topological polar surface area (TPSA) is 9.23 Å². The SMILES string of the molecule is C=C(CBr)C1CCOC1C. The molecule has 0 saturated carbocycles. The average molecular weight is 205 g/mol. The van der Waals surface area contributed by atoms with Crippen LogP contribution in [0.1, 0.15) is 13.3 Å². The van der Waals surface area contributed by atoms with E-state index in [1.165, 1.54) is 5.57 Å². The molecular formula is C8H13BrO. The van der Waals surface area contributed by atoms with Crippen LogP contribution in [-0.4, -0.2) is 18.0 Å². The molecule has 0 aliphatic carbocycles. The molecule has 0 N–H and O–H groups in total. The summed E-state index contributed by atoms with van der Waals surface area (Å²) >= 11 is 3.40. The lowest BCUT2D eigenvalue weighted by molar-refractivity contribution is 0.112. The fourth-order valence-corrected chi connectivity index (χ4v) is 1.78. The second-order valence-corrected chi connectivity index (χ2v) is 3.32. The van der Waals surface area contributed by atoms with Crippen LogP contribution < -0.4 is 0 Å². The van der Waals surface area contributed by atoms with Gasteiger partial charge in [-0.25, -0.2) is 0 Å². The first-order valence-electron chi connectivity index (χ1n) is 3.61. The summed E-state index contributed by atoms with van der Waals surface area (Å²) in [6.07, 6.45) is 1.52. The highest BCUT2D eigenvalue weighted by Crippen LogP contribution is 2.27. The van der Waals surface area contributed by atoms with E-state index in [0.29, 0.717) is 12.0 Å². The number of rotatable bonds is 2. The molecule has 0 radical (unpaired) electrons. The Morgan fingerprint density at radius 3 is 2.90 bits per heavy atom. The van der Waals surface area contributed by atoms with Crippen molar-refractivity contribution < 1.29 is 4.74 Å². The zero-order chi connectivity index (χ0) is 7.56. The van der Waals surface area contributed by atoms with Gasteiger partial charge >= 0.3 is 0 Å². The number of alkyl halides is 1. The van der Waals surface area contributed by atoms with Gasteiger partial charge < -0.3 is 4.74 Å². The molecule has 0 bridgehead atoms. The van der Waals surface area contributed by atoms with E-state index in [-0.39, 0.29) is 0 Å². The molecule has 10 heavy (non-hydrogen) atoms.